The average molecular weight is 337 g/mol. The molecule has 0 amide bonds. The molecule has 4 rings (SSSR count). The first-order valence-electron chi connectivity index (χ1n) is 8.28. The molecule has 1 unspecified atom stereocenters. The summed E-state index contributed by atoms with van der Waals surface area (Å²) >= 11 is 0. The number of nitrogens with one attached hydrogen (secondary N) is 1. The summed E-state index contributed by atoms with van der Waals surface area (Å²) in [7, 11) is 0. The van der Waals surface area contributed by atoms with Gasteiger partial charge in [0.25, 0.3) is 0 Å². The lowest BCUT2D eigenvalue weighted by atomic mass is 10.2. The van der Waals surface area contributed by atoms with Crippen molar-refractivity contribution in [3.05, 3.63) is 54.6 Å². The van der Waals surface area contributed by atoms with Crippen molar-refractivity contribution in [2.45, 2.75) is 19.1 Å². The van der Waals surface area contributed by atoms with Crippen LogP contribution in [0.15, 0.2) is 53.3 Å². The zero-order chi connectivity index (χ0) is 17.1. The van der Waals surface area contributed by atoms with E-state index in [2.05, 4.69) is 25.2 Å². The van der Waals surface area contributed by atoms with Crippen LogP contribution in [0.5, 0.6) is 0 Å². The highest BCUT2D eigenvalue weighted by Gasteiger charge is 2.21. The Labute approximate surface area is 145 Å². The second-order valence-corrected chi connectivity index (χ2v) is 5.99. The zero-order valence-electron chi connectivity index (χ0n) is 13.7. The van der Waals surface area contributed by atoms with Gasteiger partial charge in [0.1, 0.15) is 12.1 Å². The summed E-state index contributed by atoms with van der Waals surface area (Å²) in [5.41, 5.74) is 1.73. The smallest absolute Gasteiger partial charge is 0.226 e. The largest absolute Gasteiger partial charge is 0.444 e. The van der Waals surface area contributed by atoms with Gasteiger partial charge in [0.15, 0.2) is 0 Å². The Balaban J connectivity index is 1.41. The van der Waals surface area contributed by atoms with E-state index >= 15 is 0 Å². The van der Waals surface area contributed by atoms with Gasteiger partial charge in [-0.25, -0.2) is 9.97 Å². The summed E-state index contributed by atoms with van der Waals surface area (Å²) in [6, 6.07) is 11.6. The second kappa shape index (κ2) is 6.90. The Hall–Kier alpha value is -2.93. The van der Waals surface area contributed by atoms with E-state index in [1.165, 1.54) is 0 Å². The van der Waals surface area contributed by atoms with Crippen molar-refractivity contribution in [1.82, 2.24) is 15.0 Å². The molecule has 1 aliphatic heterocycles. The molecule has 1 fully saturated rings. The molecule has 25 heavy (non-hydrogen) atoms. The molecule has 1 aliphatic rings. The van der Waals surface area contributed by atoms with E-state index in [-0.39, 0.29) is 6.10 Å². The molecule has 1 saturated heterocycles. The van der Waals surface area contributed by atoms with Gasteiger partial charge in [-0.1, -0.05) is 18.2 Å². The summed E-state index contributed by atoms with van der Waals surface area (Å²) in [5, 5.41) is 12.8. The Morgan fingerprint density at radius 1 is 1.20 bits per heavy atom. The van der Waals surface area contributed by atoms with Gasteiger partial charge >= 0.3 is 0 Å². The molecule has 0 aliphatic carbocycles. The minimum Gasteiger partial charge on any atom is -0.444 e. The molecule has 1 atom stereocenters. The highest BCUT2D eigenvalue weighted by atomic mass is 16.3. The SMILES string of the molecule is OC1CCN(c2ccnc(NCc3coc(-c4ccccc4)n3)n2)C1. The maximum Gasteiger partial charge on any atom is 0.226 e. The first-order valence-corrected chi connectivity index (χ1v) is 8.28. The third-order valence-electron chi connectivity index (χ3n) is 4.13. The van der Waals surface area contributed by atoms with Gasteiger partial charge in [-0.2, -0.15) is 4.98 Å². The highest BCUT2D eigenvalue weighted by molar-refractivity contribution is 5.52. The molecular formula is C18H19N5O2. The van der Waals surface area contributed by atoms with Gasteiger partial charge in [0.05, 0.1) is 18.3 Å². The monoisotopic (exact) mass is 337 g/mol. The Kier molecular flexibility index (Phi) is 4.30. The topological polar surface area (TPSA) is 87.3 Å². The van der Waals surface area contributed by atoms with Crippen LogP contribution in [0.4, 0.5) is 11.8 Å². The van der Waals surface area contributed by atoms with E-state index in [9.17, 15) is 5.11 Å². The van der Waals surface area contributed by atoms with Crippen LogP contribution in [0.3, 0.4) is 0 Å². The minimum absolute atomic E-state index is 0.280. The Morgan fingerprint density at radius 3 is 2.88 bits per heavy atom. The summed E-state index contributed by atoms with van der Waals surface area (Å²) in [4.78, 5) is 15.3. The number of nitrogens with zero attached hydrogens (tertiary/aromatic N) is 4. The minimum atomic E-state index is -0.280. The van der Waals surface area contributed by atoms with Crippen LogP contribution in [-0.4, -0.2) is 39.3 Å². The molecule has 0 radical (unpaired) electrons. The van der Waals surface area contributed by atoms with E-state index in [0.717, 1.165) is 30.0 Å². The van der Waals surface area contributed by atoms with E-state index < -0.39 is 0 Å². The molecular weight excluding hydrogens is 318 g/mol. The summed E-state index contributed by atoms with van der Waals surface area (Å²) in [6.45, 7) is 1.89. The molecule has 7 nitrogen and oxygen atoms in total. The lowest BCUT2D eigenvalue weighted by Gasteiger charge is -2.16. The quantitative estimate of drug-likeness (QED) is 0.738. The number of hydrogen-bond donors (Lipinski definition) is 2. The van der Waals surface area contributed by atoms with E-state index in [1.807, 2.05) is 36.4 Å². The fourth-order valence-electron chi connectivity index (χ4n) is 2.83. The molecule has 7 heteroatoms. The van der Waals surface area contributed by atoms with Gasteiger partial charge < -0.3 is 19.7 Å². The maximum atomic E-state index is 9.66. The molecule has 3 heterocycles. The molecule has 3 aromatic rings. The fourth-order valence-corrected chi connectivity index (χ4v) is 2.83. The number of β-amino-alcohol motifs (C(OH)–C–C–N with tert-alkyl or cyclic N) is 1. The first-order chi connectivity index (χ1) is 12.3. The molecule has 0 spiro atoms. The molecule has 0 saturated carbocycles. The third-order valence-corrected chi connectivity index (χ3v) is 4.13. The second-order valence-electron chi connectivity index (χ2n) is 5.99. The van der Waals surface area contributed by atoms with Crippen molar-refractivity contribution in [3.8, 4) is 11.5 Å². The van der Waals surface area contributed by atoms with Gasteiger partial charge in [-0.3, -0.25) is 0 Å². The normalized spacial score (nSPS) is 17.0. The third kappa shape index (κ3) is 3.61. The molecule has 2 aromatic heterocycles. The van der Waals surface area contributed by atoms with Gasteiger partial charge in [-0.15, -0.1) is 0 Å². The Bertz CT molecular complexity index is 836. The molecule has 1 aromatic carbocycles. The van der Waals surface area contributed by atoms with Crippen LogP contribution < -0.4 is 10.2 Å². The molecule has 0 bridgehead atoms. The lowest BCUT2D eigenvalue weighted by molar-refractivity contribution is 0.198. The predicted molar refractivity (Wildman–Crippen MR) is 94.1 cm³/mol. The van der Waals surface area contributed by atoms with Crippen molar-refractivity contribution in [1.29, 1.82) is 0 Å². The van der Waals surface area contributed by atoms with Gasteiger partial charge in [0.2, 0.25) is 11.8 Å². The van der Waals surface area contributed by atoms with Crippen molar-refractivity contribution >= 4 is 11.8 Å². The van der Waals surface area contributed by atoms with Crippen molar-refractivity contribution in [2.24, 2.45) is 0 Å². The number of aromatic nitrogens is 3. The van der Waals surface area contributed by atoms with Crippen molar-refractivity contribution in [2.75, 3.05) is 23.3 Å². The van der Waals surface area contributed by atoms with Gasteiger partial charge in [0, 0.05) is 24.8 Å². The summed E-state index contributed by atoms with van der Waals surface area (Å²) in [5.74, 6) is 1.94. The van der Waals surface area contributed by atoms with Crippen LogP contribution in [0, 0.1) is 0 Å². The standard InChI is InChI=1S/C18H19N5O2/c24-15-7-9-23(11-15)16-6-8-19-18(22-16)20-10-14-12-25-17(21-14)13-4-2-1-3-5-13/h1-6,8,12,15,24H,7,9-11H2,(H,19,20,22). The fraction of sp³-hybridized carbons (Fsp3) is 0.278. The Morgan fingerprint density at radius 2 is 2.08 bits per heavy atom. The maximum absolute atomic E-state index is 9.66. The number of aliphatic hydroxyl groups excluding tert-OH is 1. The van der Waals surface area contributed by atoms with E-state index in [0.29, 0.717) is 24.9 Å². The number of hydrogen-bond acceptors (Lipinski definition) is 7. The molecule has 2 N–H and O–H groups in total. The number of oxazole rings is 1. The lowest BCUT2D eigenvalue weighted by Crippen LogP contribution is -2.22. The van der Waals surface area contributed by atoms with Crippen LogP contribution in [0.25, 0.3) is 11.5 Å². The van der Waals surface area contributed by atoms with Crippen LogP contribution in [-0.2, 0) is 6.54 Å². The van der Waals surface area contributed by atoms with E-state index in [4.69, 9.17) is 4.42 Å². The summed E-state index contributed by atoms with van der Waals surface area (Å²) in [6.07, 6.45) is 3.84. The number of rotatable bonds is 5. The van der Waals surface area contributed by atoms with Crippen molar-refractivity contribution in [3.63, 3.8) is 0 Å². The molecule has 128 valence electrons. The number of aliphatic hydroxyl groups is 1. The first kappa shape index (κ1) is 15.6. The van der Waals surface area contributed by atoms with Crippen LogP contribution >= 0.6 is 0 Å². The van der Waals surface area contributed by atoms with Crippen molar-refractivity contribution < 1.29 is 9.52 Å². The zero-order valence-corrected chi connectivity index (χ0v) is 13.7. The van der Waals surface area contributed by atoms with E-state index in [1.54, 1.807) is 12.5 Å². The average Bonchev–Trinajstić information content (AvgIpc) is 3.30. The van der Waals surface area contributed by atoms with Crippen LogP contribution in [0.1, 0.15) is 12.1 Å². The van der Waals surface area contributed by atoms with Crippen LogP contribution in [0.2, 0.25) is 0 Å². The number of benzene rings is 1. The van der Waals surface area contributed by atoms with Gasteiger partial charge in [-0.05, 0) is 24.6 Å². The summed E-state index contributed by atoms with van der Waals surface area (Å²) < 4.78 is 5.53. The highest BCUT2D eigenvalue weighted by Crippen LogP contribution is 2.20. The number of anilines is 2. The predicted octanol–water partition coefficient (Wildman–Crippen LogP) is 2.31.